The quantitative estimate of drug-likeness (QED) is 0.279. The number of fused-ring (bicyclic) bond motifs is 1. The van der Waals surface area contributed by atoms with Gasteiger partial charge in [-0.3, -0.25) is 9.59 Å². The van der Waals surface area contributed by atoms with Gasteiger partial charge in [0.15, 0.2) is 5.78 Å². The van der Waals surface area contributed by atoms with Gasteiger partial charge in [-0.05, 0) is 43.2 Å². The third-order valence-corrected chi connectivity index (χ3v) is 6.45. The van der Waals surface area contributed by atoms with Crippen molar-refractivity contribution < 1.29 is 19.4 Å². The van der Waals surface area contributed by atoms with Crippen LogP contribution in [0.1, 0.15) is 39.1 Å². The molecule has 0 bridgehead atoms. The Morgan fingerprint density at radius 3 is 2.67 bits per heavy atom. The maximum Gasteiger partial charge on any atom is 0.255 e. The summed E-state index contributed by atoms with van der Waals surface area (Å²) in [7, 11) is 0. The molecule has 2 unspecified atom stereocenters. The van der Waals surface area contributed by atoms with Crippen LogP contribution in [0.5, 0.6) is 0 Å². The zero-order chi connectivity index (χ0) is 25.1. The molecule has 2 aromatic heterocycles. The number of amides is 1. The summed E-state index contributed by atoms with van der Waals surface area (Å²) >= 11 is 6.47. The number of rotatable bonds is 7. The Hall–Kier alpha value is -3.79. The number of H-pyrrole nitrogens is 1. The lowest BCUT2D eigenvalue weighted by atomic mass is 10.0. The van der Waals surface area contributed by atoms with Crippen LogP contribution in [0.3, 0.4) is 0 Å². The summed E-state index contributed by atoms with van der Waals surface area (Å²) in [6, 6.07) is 13.7. The molecule has 1 fully saturated rings. The normalized spacial score (nSPS) is 17.6. The van der Waals surface area contributed by atoms with E-state index in [2.05, 4.69) is 25.6 Å². The predicted octanol–water partition coefficient (Wildman–Crippen LogP) is 4.05. The monoisotopic (exact) mass is 505 g/mol. The van der Waals surface area contributed by atoms with Gasteiger partial charge in [0.25, 0.3) is 5.91 Å². The van der Waals surface area contributed by atoms with Crippen molar-refractivity contribution >= 4 is 45.8 Å². The van der Waals surface area contributed by atoms with Crippen LogP contribution in [0.25, 0.3) is 11.0 Å². The molecule has 1 aliphatic rings. The van der Waals surface area contributed by atoms with E-state index in [9.17, 15) is 14.7 Å². The van der Waals surface area contributed by atoms with Crippen molar-refractivity contribution in [3.8, 4) is 0 Å². The van der Waals surface area contributed by atoms with Crippen LogP contribution in [-0.2, 0) is 4.74 Å². The number of benzene rings is 2. The minimum absolute atomic E-state index is 0.00556. The van der Waals surface area contributed by atoms with Gasteiger partial charge >= 0.3 is 0 Å². The number of nitrogens with one attached hydrogen (secondary N) is 3. The van der Waals surface area contributed by atoms with Gasteiger partial charge in [0.05, 0.1) is 41.3 Å². The summed E-state index contributed by atoms with van der Waals surface area (Å²) < 4.78 is 5.66. The molecular formula is C26H24ClN5O4. The summed E-state index contributed by atoms with van der Waals surface area (Å²) in [6.45, 7) is 0.414. The maximum absolute atomic E-state index is 13.5. The van der Waals surface area contributed by atoms with Crippen LogP contribution in [0.4, 0.5) is 11.5 Å². The van der Waals surface area contributed by atoms with Gasteiger partial charge in [-0.1, -0.05) is 29.8 Å². The molecule has 2 atom stereocenters. The highest BCUT2D eigenvalue weighted by molar-refractivity contribution is 6.36. The largest absolute Gasteiger partial charge is 0.394 e. The van der Waals surface area contributed by atoms with E-state index in [-0.39, 0.29) is 41.0 Å². The molecule has 0 radical (unpaired) electrons. The van der Waals surface area contributed by atoms with Crippen LogP contribution in [-0.4, -0.2) is 57.1 Å². The van der Waals surface area contributed by atoms with Gasteiger partial charge < -0.3 is 25.5 Å². The Balaban J connectivity index is 1.38. The van der Waals surface area contributed by atoms with Crippen molar-refractivity contribution in [3.05, 3.63) is 82.8 Å². The molecule has 4 N–H and O–H groups in total. The lowest BCUT2D eigenvalue weighted by Gasteiger charge is -2.29. The number of ketones is 1. The molecule has 9 nitrogen and oxygen atoms in total. The first-order chi connectivity index (χ1) is 17.5. The number of para-hydroxylation sites is 1. The van der Waals surface area contributed by atoms with Gasteiger partial charge in [-0.15, -0.1) is 0 Å². The number of nitrogens with zero attached hydrogens (tertiary/aromatic N) is 2. The first-order valence-electron chi connectivity index (χ1n) is 11.5. The summed E-state index contributed by atoms with van der Waals surface area (Å²) in [5, 5.41) is 16.1. The van der Waals surface area contributed by atoms with E-state index in [4.69, 9.17) is 16.3 Å². The number of carbonyl (C=O) groups excluding carboxylic acids is 2. The molecule has 36 heavy (non-hydrogen) atoms. The molecule has 0 aliphatic carbocycles. The fraction of sp³-hybridized carbons (Fsp3) is 0.231. The maximum atomic E-state index is 13.5. The highest BCUT2D eigenvalue weighted by atomic mass is 35.5. The first kappa shape index (κ1) is 23.9. The van der Waals surface area contributed by atoms with Crippen molar-refractivity contribution in [2.45, 2.75) is 25.0 Å². The molecule has 10 heteroatoms. The highest BCUT2D eigenvalue weighted by Crippen LogP contribution is 2.30. The van der Waals surface area contributed by atoms with Crippen molar-refractivity contribution in [3.63, 3.8) is 0 Å². The number of anilines is 2. The number of halogens is 1. The fourth-order valence-corrected chi connectivity index (χ4v) is 4.49. The van der Waals surface area contributed by atoms with Gasteiger partial charge in [-0.25, -0.2) is 9.97 Å². The molecule has 0 spiro atoms. The Bertz CT molecular complexity index is 1400. The second-order valence-corrected chi connectivity index (χ2v) is 8.96. The Kier molecular flexibility index (Phi) is 6.95. The van der Waals surface area contributed by atoms with Gasteiger partial charge in [-0.2, -0.15) is 0 Å². The molecule has 1 saturated heterocycles. The number of aliphatic hydroxyl groups is 1. The average Bonchev–Trinajstić information content (AvgIpc) is 3.34. The number of carbonyl (C=O) groups is 2. The second-order valence-electron chi connectivity index (χ2n) is 8.55. The number of aliphatic hydroxyl groups excluding tert-OH is 1. The number of aromatic amines is 1. The third-order valence-electron chi connectivity index (χ3n) is 6.14. The van der Waals surface area contributed by atoms with E-state index >= 15 is 0 Å². The molecule has 2 aromatic carbocycles. The number of aromatic nitrogens is 3. The van der Waals surface area contributed by atoms with Crippen molar-refractivity contribution in [2.75, 3.05) is 23.8 Å². The molecule has 0 saturated carbocycles. The van der Waals surface area contributed by atoms with Crippen LogP contribution in [0.2, 0.25) is 5.02 Å². The van der Waals surface area contributed by atoms with Crippen LogP contribution >= 0.6 is 11.6 Å². The molecular weight excluding hydrogens is 482 g/mol. The minimum atomic E-state index is -0.327. The van der Waals surface area contributed by atoms with Gasteiger partial charge in [0.2, 0.25) is 0 Å². The predicted molar refractivity (Wildman–Crippen MR) is 137 cm³/mol. The molecule has 184 valence electrons. The summed E-state index contributed by atoms with van der Waals surface area (Å²) in [6.07, 6.45) is 4.36. The zero-order valence-electron chi connectivity index (χ0n) is 19.2. The molecule has 4 aromatic rings. The van der Waals surface area contributed by atoms with Crippen LogP contribution in [0, 0.1) is 0 Å². The molecule has 1 amide bonds. The Morgan fingerprint density at radius 1 is 1.11 bits per heavy atom. The van der Waals surface area contributed by atoms with E-state index < -0.39 is 0 Å². The topological polar surface area (TPSA) is 129 Å². The van der Waals surface area contributed by atoms with Crippen molar-refractivity contribution in [2.24, 2.45) is 0 Å². The van der Waals surface area contributed by atoms with Crippen LogP contribution < -0.4 is 10.6 Å². The number of hydrogen-bond donors (Lipinski definition) is 4. The van der Waals surface area contributed by atoms with E-state index in [0.717, 1.165) is 12.8 Å². The van der Waals surface area contributed by atoms with Crippen LogP contribution in [0.15, 0.2) is 61.1 Å². The Morgan fingerprint density at radius 2 is 1.94 bits per heavy atom. The first-order valence-corrected chi connectivity index (χ1v) is 11.9. The summed E-state index contributed by atoms with van der Waals surface area (Å²) in [4.78, 5) is 37.8. The second kappa shape index (κ2) is 10.4. The standard InChI is InChI=1S/C26H24ClN5O4/c27-21-10-15(26(35)32-16-4-2-1-3-5-16)6-9-19(21)23(34)20-11-28-24-22(20)25(30-14-29-24)31-17-7-8-18(12-33)36-13-17/h1-6,9-11,14,17-18,33H,7-8,12-13H2,(H,32,35)(H2,28,29,30,31). The molecule has 3 heterocycles. The molecule has 1 aliphatic heterocycles. The van der Waals surface area contributed by atoms with E-state index in [1.165, 1.54) is 12.4 Å². The third kappa shape index (κ3) is 4.94. The minimum Gasteiger partial charge on any atom is -0.394 e. The Labute approximate surface area is 211 Å². The fourth-order valence-electron chi connectivity index (χ4n) is 4.22. The number of ether oxygens (including phenoxy) is 1. The van der Waals surface area contributed by atoms with Gasteiger partial charge in [0.1, 0.15) is 17.8 Å². The lowest BCUT2D eigenvalue weighted by Crippen LogP contribution is -2.36. The summed E-state index contributed by atoms with van der Waals surface area (Å²) in [5.41, 5.74) is 2.13. The smallest absolute Gasteiger partial charge is 0.255 e. The SMILES string of the molecule is O=C(Nc1ccccc1)c1ccc(C(=O)c2c[nH]c3ncnc(NC4CCC(CO)OC4)c23)c(Cl)c1. The average molecular weight is 506 g/mol. The van der Waals surface area contributed by atoms with Crippen molar-refractivity contribution in [1.29, 1.82) is 0 Å². The van der Waals surface area contributed by atoms with Gasteiger partial charge in [0, 0.05) is 23.0 Å². The highest BCUT2D eigenvalue weighted by Gasteiger charge is 2.25. The molecule has 5 rings (SSSR count). The van der Waals surface area contributed by atoms with Crippen molar-refractivity contribution in [1.82, 2.24) is 15.0 Å². The number of hydrogen-bond acceptors (Lipinski definition) is 7. The summed E-state index contributed by atoms with van der Waals surface area (Å²) in [5.74, 6) is -0.137. The zero-order valence-corrected chi connectivity index (χ0v) is 20.0. The lowest BCUT2D eigenvalue weighted by molar-refractivity contribution is -0.0224. The van der Waals surface area contributed by atoms with E-state index in [0.29, 0.717) is 40.3 Å². The van der Waals surface area contributed by atoms with E-state index in [1.54, 1.807) is 30.5 Å². The van der Waals surface area contributed by atoms with E-state index in [1.807, 2.05) is 18.2 Å².